The van der Waals surface area contributed by atoms with Gasteiger partial charge in [-0.2, -0.15) is 5.26 Å². The maximum Gasteiger partial charge on any atom is 0.323 e. The Labute approximate surface area is 166 Å². The van der Waals surface area contributed by atoms with Crippen molar-refractivity contribution in [2.24, 2.45) is 5.92 Å². The lowest BCUT2D eigenvalue weighted by Gasteiger charge is -2.37. The molecule has 0 radical (unpaired) electrons. The van der Waals surface area contributed by atoms with Crippen molar-refractivity contribution in [3.63, 3.8) is 0 Å². The summed E-state index contributed by atoms with van der Waals surface area (Å²) >= 11 is 2.29. The molecule has 2 aromatic carbocycles. The summed E-state index contributed by atoms with van der Waals surface area (Å²) in [7, 11) is 1.30. The second-order valence-electron chi connectivity index (χ2n) is 6.16. The highest BCUT2D eigenvalue weighted by Gasteiger charge is 2.31. The van der Waals surface area contributed by atoms with Crippen LogP contribution in [0.2, 0.25) is 0 Å². The molecule has 0 bridgehead atoms. The summed E-state index contributed by atoms with van der Waals surface area (Å²) in [5, 5.41) is 9.27. The first-order valence-electron chi connectivity index (χ1n) is 8.33. The number of hydrogen-bond donors (Lipinski definition) is 0. The predicted molar refractivity (Wildman–Crippen MR) is 107 cm³/mol. The van der Waals surface area contributed by atoms with Gasteiger partial charge < -0.3 is 14.4 Å². The topological polar surface area (TPSA) is 62.6 Å². The van der Waals surface area contributed by atoms with Crippen LogP contribution in [-0.2, 0) is 16.1 Å². The minimum absolute atomic E-state index is 0.255. The lowest BCUT2D eigenvalue weighted by atomic mass is 10.0. The van der Waals surface area contributed by atoms with Gasteiger partial charge in [-0.3, -0.25) is 4.79 Å². The molecule has 6 heteroatoms. The number of anilines is 1. The number of carbonyl (C=O) groups excluding carboxylic acids is 1. The largest absolute Gasteiger partial charge is 0.486 e. The van der Waals surface area contributed by atoms with E-state index in [1.54, 1.807) is 0 Å². The molecule has 26 heavy (non-hydrogen) atoms. The minimum Gasteiger partial charge on any atom is -0.486 e. The average molecular weight is 462 g/mol. The van der Waals surface area contributed by atoms with E-state index >= 15 is 0 Å². The zero-order valence-corrected chi connectivity index (χ0v) is 16.5. The molecule has 2 atom stereocenters. The van der Waals surface area contributed by atoms with E-state index in [-0.39, 0.29) is 6.10 Å². The van der Waals surface area contributed by atoms with E-state index in [1.807, 2.05) is 36.4 Å². The van der Waals surface area contributed by atoms with Gasteiger partial charge >= 0.3 is 5.97 Å². The average Bonchev–Trinajstić information content (AvgIpc) is 2.66. The number of rotatable bonds is 5. The molecule has 1 heterocycles. The first-order valence-corrected chi connectivity index (χ1v) is 9.41. The summed E-state index contributed by atoms with van der Waals surface area (Å²) in [6.45, 7) is 1.35. The van der Waals surface area contributed by atoms with Gasteiger partial charge in [0.05, 0.1) is 25.4 Å². The van der Waals surface area contributed by atoms with Crippen molar-refractivity contribution < 1.29 is 14.3 Å². The quantitative estimate of drug-likeness (QED) is 0.500. The van der Waals surface area contributed by atoms with Crippen molar-refractivity contribution in [3.05, 3.63) is 57.7 Å². The third kappa shape index (κ3) is 4.28. The van der Waals surface area contributed by atoms with Crippen molar-refractivity contribution in [1.29, 1.82) is 5.26 Å². The molecule has 134 valence electrons. The fraction of sp³-hybridized carbons (Fsp3) is 0.300. The molecule has 5 nitrogen and oxygen atoms in total. The molecule has 0 fully saturated rings. The lowest BCUT2D eigenvalue weighted by Crippen LogP contribution is -2.41. The van der Waals surface area contributed by atoms with E-state index in [0.29, 0.717) is 13.0 Å². The summed E-state index contributed by atoms with van der Waals surface area (Å²) in [6.07, 6.45) is 0.0508. The lowest BCUT2D eigenvalue weighted by molar-refractivity contribution is -0.144. The Bertz CT molecular complexity index is 820. The molecule has 1 aliphatic heterocycles. The highest BCUT2D eigenvalue weighted by atomic mass is 127. The molecule has 3 rings (SSSR count). The van der Waals surface area contributed by atoms with Gasteiger partial charge in [-0.15, -0.1) is 0 Å². The minimum atomic E-state index is -0.825. The molecule has 0 N–H and O–H groups in total. The Balaban J connectivity index is 1.84. The van der Waals surface area contributed by atoms with Crippen LogP contribution < -0.4 is 9.64 Å². The molecular formula is C20H19IN2O3. The number of nitriles is 1. The van der Waals surface area contributed by atoms with Crippen molar-refractivity contribution >= 4 is 34.2 Å². The number of halogens is 1. The zero-order chi connectivity index (χ0) is 18.5. The summed E-state index contributed by atoms with van der Waals surface area (Å²) in [4.78, 5) is 14.0. The third-order valence-electron chi connectivity index (χ3n) is 4.34. The summed E-state index contributed by atoms with van der Waals surface area (Å²) < 4.78 is 11.9. The van der Waals surface area contributed by atoms with E-state index in [1.165, 1.54) is 12.7 Å². The van der Waals surface area contributed by atoms with E-state index in [0.717, 1.165) is 21.6 Å². The van der Waals surface area contributed by atoms with E-state index < -0.39 is 11.9 Å². The predicted octanol–water partition coefficient (Wildman–Crippen LogP) is 3.76. The molecule has 0 amide bonds. The third-order valence-corrected chi connectivity index (χ3v) is 5.01. The maximum atomic E-state index is 11.8. The summed E-state index contributed by atoms with van der Waals surface area (Å²) in [6, 6.07) is 18.3. The molecular weight excluding hydrogens is 443 g/mol. The van der Waals surface area contributed by atoms with E-state index in [2.05, 4.69) is 45.7 Å². The van der Waals surface area contributed by atoms with Crippen LogP contribution in [0, 0.1) is 20.8 Å². The highest BCUT2D eigenvalue weighted by Crippen LogP contribution is 2.36. The SMILES string of the molecule is COC(=O)C(C#N)C[C@H]1CN(Cc2ccccc2)c2cc(I)ccc2O1. The molecule has 0 aromatic heterocycles. The van der Waals surface area contributed by atoms with Crippen LogP contribution in [-0.4, -0.2) is 25.7 Å². The van der Waals surface area contributed by atoms with Crippen LogP contribution in [0.5, 0.6) is 5.75 Å². The number of carbonyl (C=O) groups is 1. The summed E-state index contributed by atoms with van der Waals surface area (Å²) in [5.74, 6) is -0.563. The van der Waals surface area contributed by atoms with Gasteiger partial charge in [0.25, 0.3) is 0 Å². The van der Waals surface area contributed by atoms with Crippen molar-refractivity contribution in [2.75, 3.05) is 18.6 Å². The molecule has 2 aromatic rings. The maximum absolute atomic E-state index is 11.8. The molecule has 0 aliphatic carbocycles. The van der Waals surface area contributed by atoms with Gasteiger partial charge in [0.2, 0.25) is 0 Å². The Morgan fingerprint density at radius 1 is 1.38 bits per heavy atom. The van der Waals surface area contributed by atoms with Crippen LogP contribution in [0.4, 0.5) is 5.69 Å². The number of methoxy groups -OCH3 is 1. The summed E-state index contributed by atoms with van der Waals surface area (Å²) in [5.41, 5.74) is 2.23. The normalized spacial score (nSPS) is 16.8. The molecule has 1 unspecified atom stereocenters. The monoisotopic (exact) mass is 462 g/mol. The number of ether oxygens (including phenoxy) is 2. The first-order chi connectivity index (χ1) is 12.6. The Morgan fingerprint density at radius 2 is 2.15 bits per heavy atom. The van der Waals surface area contributed by atoms with E-state index in [9.17, 15) is 10.1 Å². The van der Waals surface area contributed by atoms with Crippen LogP contribution >= 0.6 is 22.6 Å². The fourth-order valence-corrected chi connectivity index (χ4v) is 3.56. The van der Waals surface area contributed by atoms with Crippen LogP contribution in [0.25, 0.3) is 0 Å². The van der Waals surface area contributed by atoms with E-state index in [4.69, 9.17) is 9.47 Å². The molecule has 1 aliphatic rings. The molecule has 0 spiro atoms. The first kappa shape index (κ1) is 18.5. The second-order valence-corrected chi connectivity index (χ2v) is 7.40. The van der Waals surface area contributed by atoms with Crippen LogP contribution in [0.3, 0.4) is 0 Å². The standard InChI is InChI=1S/C20H19IN2O3/c1-25-20(24)15(11-22)9-17-13-23(12-14-5-3-2-4-6-14)18-10-16(21)7-8-19(18)26-17/h2-8,10,15,17H,9,12-13H2,1H3/t15?,17-/m0/s1. The zero-order valence-electron chi connectivity index (χ0n) is 14.4. The number of nitrogens with zero attached hydrogens (tertiary/aromatic N) is 2. The van der Waals surface area contributed by atoms with Crippen molar-refractivity contribution in [2.45, 2.75) is 19.1 Å². The van der Waals surface area contributed by atoms with Gasteiger partial charge in [0, 0.05) is 16.5 Å². The Hall–Kier alpha value is -2.27. The second kappa shape index (κ2) is 8.41. The number of benzene rings is 2. The van der Waals surface area contributed by atoms with Gasteiger partial charge in [0.15, 0.2) is 0 Å². The molecule has 0 saturated heterocycles. The van der Waals surface area contributed by atoms with Crippen molar-refractivity contribution in [1.82, 2.24) is 0 Å². The Morgan fingerprint density at radius 3 is 2.85 bits per heavy atom. The van der Waals surface area contributed by atoms with Crippen LogP contribution in [0.15, 0.2) is 48.5 Å². The van der Waals surface area contributed by atoms with Gasteiger partial charge in [0.1, 0.15) is 17.8 Å². The smallest absolute Gasteiger partial charge is 0.323 e. The van der Waals surface area contributed by atoms with Gasteiger partial charge in [-0.05, 0) is 46.4 Å². The highest BCUT2D eigenvalue weighted by molar-refractivity contribution is 14.1. The number of hydrogen-bond acceptors (Lipinski definition) is 5. The molecule has 0 saturated carbocycles. The van der Waals surface area contributed by atoms with Crippen molar-refractivity contribution in [3.8, 4) is 11.8 Å². The number of fused-ring (bicyclic) bond motifs is 1. The van der Waals surface area contributed by atoms with Crippen LogP contribution in [0.1, 0.15) is 12.0 Å². The number of esters is 1. The van der Waals surface area contributed by atoms with Gasteiger partial charge in [-0.25, -0.2) is 0 Å². The Kier molecular flexibility index (Phi) is 5.99. The van der Waals surface area contributed by atoms with Gasteiger partial charge in [-0.1, -0.05) is 30.3 Å². The fourth-order valence-electron chi connectivity index (χ4n) is 3.08.